The highest BCUT2D eigenvalue weighted by Crippen LogP contribution is 2.35. The summed E-state index contributed by atoms with van der Waals surface area (Å²) in [7, 11) is 0. The maximum Gasteiger partial charge on any atom is 0.443 e. The van der Waals surface area contributed by atoms with Crippen molar-refractivity contribution in [1.82, 2.24) is 15.3 Å². The molecular formula is C12H14F3N3S2. The van der Waals surface area contributed by atoms with Crippen molar-refractivity contribution in [2.24, 2.45) is 0 Å². The molecule has 0 aromatic carbocycles. The quantitative estimate of drug-likeness (QED) is 0.910. The highest BCUT2D eigenvalue weighted by Gasteiger charge is 2.35. The summed E-state index contributed by atoms with van der Waals surface area (Å²) in [5.41, 5.74) is 0.889. The van der Waals surface area contributed by atoms with Gasteiger partial charge >= 0.3 is 6.18 Å². The molecule has 0 saturated carbocycles. The summed E-state index contributed by atoms with van der Waals surface area (Å²) in [6.45, 7) is 4.50. The zero-order valence-corrected chi connectivity index (χ0v) is 12.6. The van der Waals surface area contributed by atoms with E-state index in [0.29, 0.717) is 29.2 Å². The van der Waals surface area contributed by atoms with Crippen LogP contribution in [0.4, 0.5) is 13.2 Å². The Morgan fingerprint density at radius 3 is 2.65 bits per heavy atom. The molecule has 0 fully saturated rings. The number of nitrogens with zero attached hydrogens (tertiary/aromatic N) is 2. The van der Waals surface area contributed by atoms with E-state index in [1.165, 1.54) is 17.5 Å². The minimum absolute atomic E-state index is 0.185. The lowest BCUT2D eigenvalue weighted by Gasteiger charge is -2.14. The van der Waals surface area contributed by atoms with Crippen molar-refractivity contribution in [3.05, 3.63) is 32.2 Å². The predicted octanol–water partition coefficient (Wildman–Crippen LogP) is 3.82. The van der Waals surface area contributed by atoms with Gasteiger partial charge in [-0.05, 0) is 13.5 Å². The fourth-order valence-electron chi connectivity index (χ4n) is 1.81. The second kappa shape index (κ2) is 6.19. The average molecular weight is 321 g/mol. The van der Waals surface area contributed by atoms with Gasteiger partial charge in [0.2, 0.25) is 0 Å². The van der Waals surface area contributed by atoms with Crippen LogP contribution >= 0.6 is 22.7 Å². The van der Waals surface area contributed by atoms with Crippen molar-refractivity contribution in [3.8, 4) is 0 Å². The van der Waals surface area contributed by atoms with Crippen molar-refractivity contribution < 1.29 is 13.2 Å². The Bertz CT molecular complexity index is 562. The molecule has 2 aromatic heterocycles. The molecule has 0 aliphatic carbocycles. The Hall–Kier alpha value is -0.990. The first-order valence-electron chi connectivity index (χ1n) is 6.07. The van der Waals surface area contributed by atoms with Crippen LogP contribution in [0.5, 0.6) is 0 Å². The first-order valence-corrected chi connectivity index (χ1v) is 7.77. The Morgan fingerprint density at radius 1 is 1.40 bits per heavy atom. The van der Waals surface area contributed by atoms with Crippen LogP contribution < -0.4 is 5.32 Å². The van der Waals surface area contributed by atoms with Gasteiger partial charge in [0.05, 0.1) is 10.7 Å². The van der Waals surface area contributed by atoms with Gasteiger partial charge in [-0.3, -0.25) is 0 Å². The van der Waals surface area contributed by atoms with Crippen LogP contribution in [-0.2, 0) is 12.6 Å². The van der Waals surface area contributed by atoms with Crippen LogP contribution in [-0.4, -0.2) is 16.5 Å². The number of hydrogen-bond donors (Lipinski definition) is 1. The summed E-state index contributed by atoms with van der Waals surface area (Å²) < 4.78 is 37.8. The third kappa shape index (κ3) is 3.77. The number of halogens is 3. The van der Waals surface area contributed by atoms with E-state index >= 15 is 0 Å². The fraction of sp³-hybridized carbons (Fsp3) is 0.500. The van der Waals surface area contributed by atoms with Crippen LogP contribution in [0.25, 0.3) is 0 Å². The second-order valence-electron chi connectivity index (χ2n) is 4.24. The van der Waals surface area contributed by atoms with Gasteiger partial charge in [0.15, 0.2) is 5.01 Å². The number of aryl methyl sites for hydroxylation is 1. The van der Waals surface area contributed by atoms with Gasteiger partial charge in [0, 0.05) is 28.9 Å². The molecule has 0 spiro atoms. The van der Waals surface area contributed by atoms with Crippen LogP contribution in [0.2, 0.25) is 0 Å². The minimum Gasteiger partial charge on any atom is -0.309 e. The highest BCUT2D eigenvalue weighted by atomic mass is 32.1. The molecule has 0 saturated heterocycles. The maximum absolute atomic E-state index is 12.6. The summed E-state index contributed by atoms with van der Waals surface area (Å²) in [5, 5.41) is 5.28. The molecule has 0 aliphatic rings. The van der Waals surface area contributed by atoms with Gasteiger partial charge in [0.25, 0.3) is 0 Å². The summed E-state index contributed by atoms with van der Waals surface area (Å²) in [5.74, 6) is 0. The minimum atomic E-state index is -4.38. The molecule has 1 atom stereocenters. The zero-order valence-electron chi connectivity index (χ0n) is 11.0. The molecule has 0 aliphatic heterocycles. The molecule has 8 heteroatoms. The summed E-state index contributed by atoms with van der Waals surface area (Å²) in [6, 6.07) is -0.185. The van der Waals surface area contributed by atoms with Crippen molar-refractivity contribution in [3.63, 3.8) is 0 Å². The van der Waals surface area contributed by atoms with Crippen molar-refractivity contribution in [1.29, 1.82) is 0 Å². The summed E-state index contributed by atoms with van der Waals surface area (Å²) in [6.07, 6.45) is -2.51. The standard InChI is InChI=1S/C12H14F3N3S2/c1-3-16-9(4-8-6-19-7(2)18-8)10-5-17-11(20-10)12(13,14)15/h5-6,9,16H,3-4H2,1-2H3. The van der Waals surface area contributed by atoms with E-state index in [-0.39, 0.29) is 6.04 Å². The van der Waals surface area contributed by atoms with E-state index < -0.39 is 11.2 Å². The normalized spacial score (nSPS) is 13.7. The second-order valence-corrected chi connectivity index (χ2v) is 6.36. The molecule has 2 aromatic rings. The van der Waals surface area contributed by atoms with E-state index in [2.05, 4.69) is 15.3 Å². The van der Waals surface area contributed by atoms with Gasteiger partial charge in [0.1, 0.15) is 0 Å². The third-order valence-electron chi connectivity index (χ3n) is 2.64. The molecule has 1 N–H and O–H groups in total. The molecule has 2 rings (SSSR count). The highest BCUT2D eigenvalue weighted by molar-refractivity contribution is 7.11. The van der Waals surface area contributed by atoms with Gasteiger partial charge < -0.3 is 5.32 Å². The monoisotopic (exact) mass is 321 g/mol. The first kappa shape index (κ1) is 15.4. The van der Waals surface area contributed by atoms with E-state index in [1.807, 2.05) is 19.2 Å². The Labute approximate surface area is 122 Å². The Kier molecular flexibility index (Phi) is 4.77. The Morgan fingerprint density at radius 2 is 2.15 bits per heavy atom. The third-order valence-corrected chi connectivity index (χ3v) is 4.62. The van der Waals surface area contributed by atoms with Crippen LogP contribution in [0, 0.1) is 6.92 Å². The molecule has 3 nitrogen and oxygen atoms in total. The number of nitrogens with one attached hydrogen (secondary N) is 1. The van der Waals surface area contributed by atoms with Gasteiger partial charge in [-0.2, -0.15) is 13.2 Å². The van der Waals surface area contributed by atoms with E-state index in [4.69, 9.17) is 0 Å². The molecule has 0 radical (unpaired) electrons. The lowest BCUT2D eigenvalue weighted by molar-refractivity contribution is -0.137. The zero-order chi connectivity index (χ0) is 14.8. The SMILES string of the molecule is CCNC(Cc1csc(C)n1)c1cnc(C(F)(F)F)s1. The number of likely N-dealkylation sites (N-methyl/N-ethyl adjacent to an activating group) is 1. The maximum atomic E-state index is 12.6. The van der Waals surface area contributed by atoms with Crippen LogP contribution in [0.15, 0.2) is 11.6 Å². The molecule has 20 heavy (non-hydrogen) atoms. The van der Waals surface area contributed by atoms with Gasteiger partial charge in [-0.1, -0.05) is 6.92 Å². The number of thiazole rings is 2. The predicted molar refractivity (Wildman–Crippen MR) is 74.1 cm³/mol. The van der Waals surface area contributed by atoms with Gasteiger partial charge in [-0.25, -0.2) is 9.97 Å². The number of aromatic nitrogens is 2. The molecular weight excluding hydrogens is 307 g/mol. The average Bonchev–Trinajstić information content (AvgIpc) is 2.96. The molecule has 1 unspecified atom stereocenters. The van der Waals surface area contributed by atoms with Gasteiger partial charge in [-0.15, -0.1) is 22.7 Å². The van der Waals surface area contributed by atoms with Crippen LogP contribution in [0.3, 0.4) is 0 Å². The molecule has 110 valence electrons. The lowest BCUT2D eigenvalue weighted by Crippen LogP contribution is -2.22. The molecule has 2 heterocycles. The van der Waals surface area contributed by atoms with Crippen LogP contribution in [0.1, 0.15) is 33.6 Å². The van der Waals surface area contributed by atoms with Crippen molar-refractivity contribution >= 4 is 22.7 Å². The van der Waals surface area contributed by atoms with Crippen molar-refractivity contribution in [2.75, 3.05) is 6.54 Å². The largest absolute Gasteiger partial charge is 0.443 e. The van der Waals surface area contributed by atoms with E-state index in [9.17, 15) is 13.2 Å². The van der Waals surface area contributed by atoms with Crippen molar-refractivity contribution in [2.45, 2.75) is 32.5 Å². The topological polar surface area (TPSA) is 37.8 Å². The smallest absolute Gasteiger partial charge is 0.309 e. The number of rotatable bonds is 5. The lowest BCUT2D eigenvalue weighted by atomic mass is 10.1. The van der Waals surface area contributed by atoms with E-state index in [0.717, 1.165) is 10.7 Å². The Balaban J connectivity index is 2.17. The van der Waals surface area contributed by atoms with E-state index in [1.54, 1.807) is 0 Å². The number of alkyl halides is 3. The summed E-state index contributed by atoms with van der Waals surface area (Å²) in [4.78, 5) is 8.42. The molecule has 0 amide bonds. The number of hydrogen-bond acceptors (Lipinski definition) is 5. The molecule has 0 bridgehead atoms. The summed E-state index contributed by atoms with van der Waals surface area (Å²) >= 11 is 2.23. The fourth-order valence-corrected chi connectivity index (χ4v) is 3.29. The first-order chi connectivity index (χ1) is 9.40.